The Hall–Kier alpha value is -1.97. The van der Waals surface area contributed by atoms with E-state index in [1.807, 2.05) is 4.90 Å². The number of likely N-dealkylation sites (tertiary alicyclic amines) is 1. The predicted octanol–water partition coefficient (Wildman–Crippen LogP) is 2.18. The maximum absolute atomic E-state index is 13.3. The predicted molar refractivity (Wildman–Crippen MR) is 87.8 cm³/mol. The first-order chi connectivity index (χ1) is 12.8. The second-order valence-electron chi connectivity index (χ2n) is 6.95. The van der Waals surface area contributed by atoms with Crippen molar-refractivity contribution in [2.75, 3.05) is 31.2 Å². The van der Waals surface area contributed by atoms with Crippen LogP contribution in [0.25, 0.3) is 0 Å². The molecule has 1 atom stereocenters. The Morgan fingerprint density at radius 1 is 1.04 bits per heavy atom. The first-order valence-electron chi connectivity index (χ1n) is 8.86. The van der Waals surface area contributed by atoms with Crippen molar-refractivity contribution in [3.8, 4) is 0 Å². The maximum Gasteiger partial charge on any atom is 0.418 e. The molecule has 146 valence electrons. The van der Waals surface area contributed by atoms with Gasteiger partial charge in [-0.05, 0) is 12.1 Å². The fourth-order valence-electron chi connectivity index (χ4n) is 4.02. The SMILES string of the molecule is O=C1CC(N2CCC3(CC2)OCCO3)C(=O)N1c1ccccc1C(F)(F)F. The summed E-state index contributed by atoms with van der Waals surface area (Å²) in [4.78, 5) is 27.8. The number of carbonyl (C=O) groups is 2. The fraction of sp³-hybridized carbons (Fsp3) is 0.556. The third kappa shape index (κ3) is 3.24. The lowest BCUT2D eigenvalue weighted by molar-refractivity contribution is -0.188. The topological polar surface area (TPSA) is 59.1 Å². The Labute approximate surface area is 153 Å². The third-order valence-electron chi connectivity index (χ3n) is 5.39. The van der Waals surface area contributed by atoms with E-state index in [1.165, 1.54) is 12.1 Å². The summed E-state index contributed by atoms with van der Waals surface area (Å²) in [6.45, 7) is 2.03. The number of alkyl halides is 3. The highest BCUT2D eigenvalue weighted by atomic mass is 19.4. The summed E-state index contributed by atoms with van der Waals surface area (Å²) in [5.41, 5.74) is -1.39. The van der Waals surface area contributed by atoms with Crippen LogP contribution >= 0.6 is 0 Å². The molecule has 0 aliphatic carbocycles. The van der Waals surface area contributed by atoms with Gasteiger partial charge in [-0.15, -0.1) is 0 Å². The number of rotatable bonds is 2. The summed E-state index contributed by atoms with van der Waals surface area (Å²) in [6, 6.07) is 3.91. The van der Waals surface area contributed by atoms with Crippen molar-refractivity contribution in [1.29, 1.82) is 0 Å². The molecule has 3 aliphatic rings. The molecule has 1 aromatic rings. The fourth-order valence-corrected chi connectivity index (χ4v) is 4.02. The largest absolute Gasteiger partial charge is 0.418 e. The normalized spacial score (nSPS) is 26.3. The van der Waals surface area contributed by atoms with Crippen molar-refractivity contribution in [3.63, 3.8) is 0 Å². The van der Waals surface area contributed by atoms with E-state index >= 15 is 0 Å². The molecule has 0 aromatic heterocycles. The van der Waals surface area contributed by atoms with Gasteiger partial charge in [0.2, 0.25) is 5.91 Å². The molecule has 1 spiro atoms. The van der Waals surface area contributed by atoms with Gasteiger partial charge in [0.05, 0.1) is 36.9 Å². The Balaban J connectivity index is 1.54. The van der Waals surface area contributed by atoms with E-state index in [4.69, 9.17) is 9.47 Å². The molecule has 3 fully saturated rings. The number of benzene rings is 1. The monoisotopic (exact) mass is 384 g/mol. The Morgan fingerprint density at radius 3 is 2.30 bits per heavy atom. The second-order valence-corrected chi connectivity index (χ2v) is 6.95. The highest BCUT2D eigenvalue weighted by molar-refractivity contribution is 6.22. The van der Waals surface area contributed by atoms with E-state index in [0.717, 1.165) is 12.1 Å². The minimum Gasteiger partial charge on any atom is -0.347 e. The molecule has 9 heteroatoms. The zero-order chi connectivity index (χ0) is 19.2. The van der Waals surface area contributed by atoms with Gasteiger partial charge in [-0.3, -0.25) is 14.5 Å². The first kappa shape index (κ1) is 18.4. The molecule has 4 rings (SSSR count). The molecule has 0 saturated carbocycles. The van der Waals surface area contributed by atoms with E-state index in [0.29, 0.717) is 44.0 Å². The number of piperidine rings is 1. The zero-order valence-electron chi connectivity index (χ0n) is 14.5. The van der Waals surface area contributed by atoms with Crippen molar-refractivity contribution in [2.45, 2.75) is 37.3 Å². The summed E-state index contributed by atoms with van der Waals surface area (Å²) in [6.07, 6.45) is -3.65. The van der Waals surface area contributed by atoms with E-state index in [9.17, 15) is 22.8 Å². The number of nitrogens with zero attached hydrogens (tertiary/aromatic N) is 2. The third-order valence-corrected chi connectivity index (χ3v) is 5.39. The van der Waals surface area contributed by atoms with E-state index < -0.39 is 41.1 Å². The number of imide groups is 1. The molecular formula is C18H19F3N2O4. The molecule has 1 unspecified atom stereocenters. The lowest BCUT2D eigenvalue weighted by atomic mass is 10.0. The average molecular weight is 384 g/mol. The molecule has 6 nitrogen and oxygen atoms in total. The number of hydrogen-bond donors (Lipinski definition) is 0. The molecule has 1 aromatic carbocycles. The summed E-state index contributed by atoms with van der Waals surface area (Å²) in [5, 5.41) is 0. The van der Waals surface area contributed by atoms with Crippen LogP contribution in [0.4, 0.5) is 18.9 Å². The van der Waals surface area contributed by atoms with E-state index in [1.54, 1.807) is 0 Å². The summed E-state index contributed by atoms with van der Waals surface area (Å²) in [7, 11) is 0. The van der Waals surface area contributed by atoms with Crippen LogP contribution in [-0.4, -0.2) is 54.8 Å². The Morgan fingerprint density at radius 2 is 1.67 bits per heavy atom. The maximum atomic E-state index is 13.3. The summed E-state index contributed by atoms with van der Waals surface area (Å²) < 4.78 is 51.2. The smallest absolute Gasteiger partial charge is 0.347 e. The van der Waals surface area contributed by atoms with Crippen LogP contribution in [0, 0.1) is 0 Å². The highest BCUT2D eigenvalue weighted by Crippen LogP contribution is 2.39. The summed E-state index contributed by atoms with van der Waals surface area (Å²) in [5.74, 6) is -1.85. The lowest BCUT2D eigenvalue weighted by Gasteiger charge is -2.39. The van der Waals surface area contributed by atoms with Crippen LogP contribution in [0.3, 0.4) is 0 Å². The Bertz CT molecular complexity index is 751. The quantitative estimate of drug-likeness (QED) is 0.732. The molecule has 0 radical (unpaired) electrons. The van der Waals surface area contributed by atoms with Crippen LogP contribution in [-0.2, 0) is 25.2 Å². The molecule has 0 bridgehead atoms. The number of halogens is 3. The molecule has 0 N–H and O–H groups in total. The van der Waals surface area contributed by atoms with Gasteiger partial charge in [0, 0.05) is 25.9 Å². The molecular weight excluding hydrogens is 365 g/mol. The van der Waals surface area contributed by atoms with Crippen molar-refractivity contribution >= 4 is 17.5 Å². The molecule has 3 aliphatic heterocycles. The number of amides is 2. The van der Waals surface area contributed by atoms with Crippen LogP contribution in [0.5, 0.6) is 0 Å². The molecule has 27 heavy (non-hydrogen) atoms. The zero-order valence-corrected chi connectivity index (χ0v) is 14.5. The standard InChI is InChI=1S/C18H19F3N2O4/c19-18(20,21)12-3-1-2-4-13(12)23-15(24)11-14(16(23)25)22-7-5-17(6-8-22)26-9-10-27-17/h1-4,14H,5-11H2. The van der Waals surface area contributed by atoms with E-state index in [2.05, 4.69) is 0 Å². The van der Waals surface area contributed by atoms with Gasteiger partial charge in [0.1, 0.15) is 0 Å². The highest BCUT2D eigenvalue weighted by Gasteiger charge is 2.48. The van der Waals surface area contributed by atoms with Crippen LogP contribution in [0.1, 0.15) is 24.8 Å². The van der Waals surface area contributed by atoms with Crippen molar-refractivity contribution in [3.05, 3.63) is 29.8 Å². The van der Waals surface area contributed by atoms with Gasteiger partial charge in [-0.25, -0.2) is 4.90 Å². The first-order valence-corrected chi connectivity index (χ1v) is 8.86. The van der Waals surface area contributed by atoms with Crippen molar-refractivity contribution in [2.24, 2.45) is 0 Å². The van der Waals surface area contributed by atoms with Gasteiger partial charge < -0.3 is 9.47 Å². The average Bonchev–Trinajstić information content (AvgIpc) is 3.20. The van der Waals surface area contributed by atoms with Crippen LogP contribution in [0.15, 0.2) is 24.3 Å². The van der Waals surface area contributed by atoms with Crippen LogP contribution < -0.4 is 4.90 Å². The Kier molecular flexibility index (Phi) is 4.48. The second kappa shape index (κ2) is 6.57. The van der Waals surface area contributed by atoms with Gasteiger partial charge >= 0.3 is 6.18 Å². The number of hydrogen-bond acceptors (Lipinski definition) is 5. The van der Waals surface area contributed by atoms with Gasteiger partial charge in [0.15, 0.2) is 5.79 Å². The number of ether oxygens (including phenoxy) is 2. The van der Waals surface area contributed by atoms with E-state index in [-0.39, 0.29) is 6.42 Å². The lowest BCUT2D eigenvalue weighted by Crippen LogP contribution is -2.51. The summed E-state index contributed by atoms with van der Waals surface area (Å²) >= 11 is 0. The molecule has 2 amide bonds. The van der Waals surface area contributed by atoms with Crippen molar-refractivity contribution in [1.82, 2.24) is 4.90 Å². The number of carbonyl (C=O) groups excluding carboxylic acids is 2. The van der Waals surface area contributed by atoms with Gasteiger partial charge in [-0.2, -0.15) is 13.2 Å². The number of para-hydroxylation sites is 1. The minimum atomic E-state index is -4.65. The number of anilines is 1. The van der Waals surface area contributed by atoms with Gasteiger partial charge in [-0.1, -0.05) is 12.1 Å². The molecule has 3 saturated heterocycles. The van der Waals surface area contributed by atoms with Crippen LogP contribution in [0.2, 0.25) is 0 Å². The van der Waals surface area contributed by atoms with Crippen molar-refractivity contribution < 1.29 is 32.2 Å². The molecule has 3 heterocycles. The minimum absolute atomic E-state index is 0.125. The van der Waals surface area contributed by atoms with Gasteiger partial charge in [0.25, 0.3) is 5.91 Å².